The van der Waals surface area contributed by atoms with Crippen molar-refractivity contribution < 1.29 is 24.1 Å². The van der Waals surface area contributed by atoms with Gasteiger partial charge in [0.2, 0.25) is 0 Å². The Bertz CT molecular complexity index is 404. The Morgan fingerprint density at radius 2 is 2.21 bits per heavy atom. The van der Waals surface area contributed by atoms with Crippen LogP contribution < -0.4 is 0 Å². The van der Waals surface area contributed by atoms with Crippen molar-refractivity contribution in [3.63, 3.8) is 0 Å². The quantitative estimate of drug-likeness (QED) is 0.843. The van der Waals surface area contributed by atoms with E-state index in [1.165, 1.54) is 0 Å². The van der Waals surface area contributed by atoms with Gasteiger partial charge in [-0.3, -0.25) is 0 Å². The highest BCUT2D eigenvalue weighted by molar-refractivity contribution is 5.60. The zero-order valence-corrected chi connectivity index (χ0v) is 10.8. The first kappa shape index (κ1) is 13.8. The lowest BCUT2D eigenvalue weighted by atomic mass is 10.1. The summed E-state index contributed by atoms with van der Waals surface area (Å²) >= 11 is 0. The van der Waals surface area contributed by atoms with E-state index in [1.54, 1.807) is 6.92 Å². The molecule has 5 heteroatoms. The normalized spacial score (nSPS) is 23.9. The number of aliphatic hydroxyl groups is 1. The summed E-state index contributed by atoms with van der Waals surface area (Å²) in [5.41, 5.74) is 0.897. The number of carbonyl (C=O) groups excluding carboxylic acids is 1. The van der Waals surface area contributed by atoms with E-state index >= 15 is 0 Å². The molecule has 104 valence electrons. The van der Waals surface area contributed by atoms with Crippen LogP contribution in [0.5, 0.6) is 0 Å². The maximum absolute atomic E-state index is 11.6. The van der Waals surface area contributed by atoms with E-state index in [1.807, 2.05) is 30.3 Å². The SMILES string of the molecule is C[C@H](O)C1OCC[C@@H]1OC(=O)OCc1ccccc1. The molecule has 0 bridgehead atoms. The van der Waals surface area contributed by atoms with Gasteiger partial charge >= 0.3 is 6.16 Å². The molecule has 2 rings (SSSR count). The fourth-order valence-corrected chi connectivity index (χ4v) is 2.04. The summed E-state index contributed by atoms with van der Waals surface area (Å²) in [7, 11) is 0. The minimum Gasteiger partial charge on any atom is -0.429 e. The lowest BCUT2D eigenvalue weighted by Crippen LogP contribution is -2.35. The molecule has 3 atom stereocenters. The highest BCUT2D eigenvalue weighted by Crippen LogP contribution is 2.20. The molecular weight excluding hydrogens is 248 g/mol. The van der Waals surface area contributed by atoms with Crippen molar-refractivity contribution in [2.45, 2.75) is 38.3 Å². The van der Waals surface area contributed by atoms with Crippen LogP contribution in [-0.2, 0) is 20.8 Å². The second-order valence-corrected chi connectivity index (χ2v) is 4.55. The fraction of sp³-hybridized carbons (Fsp3) is 0.500. The molecule has 1 fully saturated rings. The summed E-state index contributed by atoms with van der Waals surface area (Å²) in [6.45, 7) is 2.26. The minimum atomic E-state index is -0.731. The van der Waals surface area contributed by atoms with Gasteiger partial charge in [0.25, 0.3) is 0 Å². The van der Waals surface area contributed by atoms with Crippen LogP contribution in [0.15, 0.2) is 30.3 Å². The van der Waals surface area contributed by atoms with E-state index < -0.39 is 24.5 Å². The van der Waals surface area contributed by atoms with E-state index in [0.29, 0.717) is 13.0 Å². The molecule has 1 N–H and O–H groups in total. The monoisotopic (exact) mass is 266 g/mol. The summed E-state index contributed by atoms with van der Waals surface area (Å²) in [6.07, 6.45) is -1.73. The number of rotatable bonds is 4. The average molecular weight is 266 g/mol. The zero-order chi connectivity index (χ0) is 13.7. The van der Waals surface area contributed by atoms with Gasteiger partial charge in [-0.15, -0.1) is 0 Å². The molecule has 0 saturated carbocycles. The van der Waals surface area contributed by atoms with Gasteiger partial charge < -0.3 is 19.3 Å². The van der Waals surface area contributed by atoms with Gasteiger partial charge in [0.05, 0.1) is 12.7 Å². The third kappa shape index (κ3) is 3.94. The molecule has 1 heterocycles. The second-order valence-electron chi connectivity index (χ2n) is 4.55. The van der Waals surface area contributed by atoms with Crippen LogP contribution in [0.1, 0.15) is 18.9 Å². The Hall–Kier alpha value is -1.59. The number of aliphatic hydroxyl groups excluding tert-OH is 1. The predicted octanol–water partition coefficient (Wildman–Crippen LogP) is 1.88. The molecule has 1 aliphatic heterocycles. The summed E-state index contributed by atoms with van der Waals surface area (Å²) < 4.78 is 15.5. The Labute approximate surface area is 112 Å². The Kier molecular flexibility index (Phi) is 4.76. The predicted molar refractivity (Wildman–Crippen MR) is 67.5 cm³/mol. The molecule has 0 radical (unpaired) electrons. The number of benzene rings is 1. The van der Waals surface area contributed by atoms with Gasteiger partial charge in [-0.2, -0.15) is 0 Å². The van der Waals surface area contributed by atoms with Gasteiger partial charge in [0.1, 0.15) is 18.8 Å². The van der Waals surface area contributed by atoms with Crippen LogP contribution in [0.4, 0.5) is 4.79 Å². The molecule has 0 amide bonds. The van der Waals surface area contributed by atoms with E-state index in [0.717, 1.165) is 5.56 Å². The fourth-order valence-electron chi connectivity index (χ4n) is 2.04. The molecule has 1 aliphatic rings. The molecule has 1 aromatic rings. The molecule has 5 nitrogen and oxygen atoms in total. The van der Waals surface area contributed by atoms with Crippen molar-refractivity contribution in [3.8, 4) is 0 Å². The van der Waals surface area contributed by atoms with E-state index in [2.05, 4.69) is 0 Å². The van der Waals surface area contributed by atoms with Crippen molar-refractivity contribution in [2.24, 2.45) is 0 Å². The molecule has 1 aromatic carbocycles. The summed E-state index contributed by atoms with van der Waals surface area (Å²) in [5, 5.41) is 9.49. The summed E-state index contributed by atoms with van der Waals surface area (Å²) in [6, 6.07) is 9.37. The maximum Gasteiger partial charge on any atom is 0.508 e. The van der Waals surface area contributed by atoms with Crippen molar-refractivity contribution in [2.75, 3.05) is 6.61 Å². The maximum atomic E-state index is 11.6. The van der Waals surface area contributed by atoms with Gasteiger partial charge in [0.15, 0.2) is 0 Å². The third-order valence-corrected chi connectivity index (χ3v) is 3.00. The first-order valence-corrected chi connectivity index (χ1v) is 6.34. The summed E-state index contributed by atoms with van der Waals surface area (Å²) in [5.74, 6) is 0. The first-order valence-electron chi connectivity index (χ1n) is 6.34. The average Bonchev–Trinajstić information content (AvgIpc) is 2.86. The molecule has 1 unspecified atom stereocenters. The van der Waals surface area contributed by atoms with Crippen LogP contribution >= 0.6 is 0 Å². The number of hydrogen-bond acceptors (Lipinski definition) is 5. The van der Waals surface area contributed by atoms with Crippen molar-refractivity contribution >= 4 is 6.16 Å². The molecule has 0 spiro atoms. The third-order valence-electron chi connectivity index (χ3n) is 3.00. The van der Waals surface area contributed by atoms with Crippen LogP contribution in [0.2, 0.25) is 0 Å². The van der Waals surface area contributed by atoms with Gasteiger partial charge in [-0.1, -0.05) is 30.3 Å². The van der Waals surface area contributed by atoms with Crippen LogP contribution in [-0.4, -0.2) is 36.2 Å². The highest BCUT2D eigenvalue weighted by Gasteiger charge is 2.35. The Morgan fingerprint density at radius 3 is 2.89 bits per heavy atom. The first-order chi connectivity index (χ1) is 9.16. The summed E-state index contributed by atoms with van der Waals surface area (Å²) in [4.78, 5) is 11.6. The van der Waals surface area contributed by atoms with Crippen LogP contribution in [0, 0.1) is 0 Å². The number of ether oxygens (including phenoxy) is 3. The Balaban J connectivity index is 1.78. The Morgan fingerprint density at radius 1 is 1.47 bits per heavy atom. The van der Waals surface area contributed by atoms with Crippen LogP contribution in [0.25, 0.3) is 0 Å². The largest absolute Gasteiger partial charge is 0.508 e. The smallest absolute Gasteiger partial charge is 0.429 e. The molecule has 1 saturated heterocycles. The lowest BCUT2D eigenvalue weighted by molar-refractivity contribution is -0.0578. The molecular formula is C14H18O5. The zero-order valence-electron chi connectivity index (χ0n) is 10.8. The topological polar surface area (TPSA) is 65.0 Å². The molecule has 0 aromatic heterocycles. The number of carbonyl (C=O) groups is 1. The van der Waals surface area contributed by atoms with Crippen molar-refractivity contribution in [3.05, 3.63) is 35.9 Å². The van der Waals surface area contributed by atoms with E-state index in [4.69, 9.17) is 14.2 Å². The number of hydrogen-bond donors (Lipinski definition) is 1. The molecule has 0 aliphatic carbocycles. The second kappa shape index (κ2) is 6.54. The molecule has 19 heavy (non-hydrogen) atoms. The minimum absolute atomic E-state index is 0.173. The highest BCUT2D eigenvalue weighted by atomic mass is 16.7. The van der Waals surface area contributed by atoms with Crippen LogP contribution in [0.3, 0.4) is 0 Å². The van der Waals surface area contributed by atoms with Gasteiger partial charge in [-0.25, -0.2) is 4.79 Å². The van der Waals surface area contributed by atoms with Crippen molar-refractivity contribution in [1.82, 2.24) is 0 Å². The lowest BCUT2D eigenvalue weighted by Gasteiger charge is -2.20. The van der Waals surface area contributed by atoms with Gasteiger partial charge in [-0.05, 0) is 12.5 Å². The van der Waals surface area contributed by atoms with Gasteiger partial charge in [0, 0.05) is 6.42 Å². The van der Waals surface area contributed by atoms with E-state index in [9.17, 15) is 9.90 Å². The van der Waals surface area contributed by atoms with E-state index in [-0.39, 0.29) is 6.61 Å². The van der Waals surface area contributed by atoms with Crippen molar-refractivity contribution in [1.29, 1.82) is 0 Å². The standard InChI is InChI=1S/C14H18O5/c1-10(15)13-12(7-8-17-13)19-14(16)18-9-11-5-3-2-4-6-11/h2-6,10,12-13,15H,7-9H2,1H3/t10-,12-,13?/m0/s1.